The zero-order chi connectivity index (χ0) is 18.7. The monoisotopic (exact) mass is 346 g/mol. The summed E-state index contributed by atoms with van der Waals surface area (Å²) in [6.45, 7) is 8.14. The summed E-state index contributed by atoms with van der Waals surface area (Å²) in [5.41, 5.74) is 6.74. The second-order valence-corrected chi connectivity index (χ2v) is 6.55. The van der Waals surface area contributed by atoms with E-state index in [9.17, 15) is 4.79 Å². The molecular formula is C21H22N4O. The molecule has 0 fully saturated rings. The third kappa shape index (κ3) is 4.25. The van der Waals surface area contributed by atoms with Gasteiger partial charge in [-0.1, -0.05) is 12.1 Å². The van der Waals surface area contributed by atoms with E-state index in [2.05, 4.69) is 26.7 Å². The molecule has 0 aliphatic heterocycles. The average Bonchev–Trinajstić information content (AvgIpc) is 2.58. The van der Waals surface area contributed by atoms with Crippen LogP contribution < -0.4 is 10.6 Å². The van der Waals surface area contributed by atoms with E-state index in [0.29, 0.717) is 11.5 Å². The van der Waals surface area contributed by atoms with Gasteiger partial charge in [-0.3, -0.25) is 4.79 Å². The third-order valence-corrected chi connectivity index (χ3v) is 4.16. The van der Waals surface area contributed by atoms with E-state index in [1.165, 1.54) is 18.0 Å². The molecule has 0 saturated heterocycles. The second kappa shape index (κ2) is 7.35. The molecule has 26 heavy (non-hydrogen) atoms. The van der Waals surface area contributed by atoms with Gasteiger partial charge in [0.05, 0.1) is 5.56 Å². The first-order valence-corrected chi connectivity index (χ1v) is 8.47. The lowest BCUT2D eigenvalue weighted by molar-refractivity contribution is 0.102. The molecule has 0 aliphatic rings. The first-order chi connectivity index (χ1) is 12.4. The van der Waals surface area contributed by atoms with E-state index in [4.69, 9.17) is 0 Å². The highest BCUT2D eigenvalue weighted by Gasteiger charge is 2.09. The third-order valence-electron chi connectivity index (χ3n) is 4.16. The number of carbonyl (C=O) groups excluding carboxylic acids is 1. The van der Waals surface area contributed by atoms with Crippen molar-refractivity contribution in [3.05, 3.63) is 76.6 Å². The number of hydrogen-bond acceptors (Lipinski definition) is 4. The van der Waals surface area contributed by atoms with Crippen molar-refractivity contribution in [3.8, 4) is 0 Å². The smallest absolute Gasteiger partial charge is 0.258 e. The molecule has 0 unspecified atom stereocenters. The molecule has 2 aromatic carbocycles. The highest BCUT2D eigenvalue weighted by molar-refractivity contribution is 6.03. The van der Waals surface area contributed by atoms with Crippen molar-refractivity contribution in [1.29, 1.82) is 0 Å². The molecule has 3 aromatic rings. The van der Waals surface area contributed by atoms with E-state index < -0.39 is 0 Å². The largest absolute Gasteiger partial charge is 0.324 e. The van der Waals surface area contributed by atoms with Crippen molar-refractivity contribution in [3.63, 3.8) is 0 Å². The Morgan fingerprint density at radius 2 is 1.46 bits per heavy atom. The molecule has 0 saturated carbocycles. The summed E-state index contributed by atoms with van der Waals surface area (Å²) in [7, 11) is 0. The quantitative estimate of drug-likeness (QED) is 0.718. The topological polar surface area (TPSA) is 66.9 Å². The van der Waals surface area contributed by atoms with Crippen LogP contribution in [0.1, 0.15) is 32.6 Å². The molecule has 0 atom stereocenters. The predicted molar refractivity (Wildman–Crippen MR) is 105 cm³/mol. The van der Waals surface area contributed by atoms with Gasteiger partial charge < -0.3 is 10.6 Å². The summed E-state index contributed by atoms with van der Waals surface area (Å²) in [4.78, 5) is 20.8. The maximum Gasteiger partial charge on any atom is 0.258 e. The Kier molecular flexibility index (Phi) is 4.98. The standard InChI is InChI=1S/C21H22N4O/c1-13-7-14(2)9-19(8-13)25-21-22-11-17(12-23-21)20(26)24-18-6-5-15(3)16(4)10-18/h5-12H,1-4H3,(H,24,26)(H,22,23,25). The fraction of sp³-hybridized carbons (Fsp3) is 0.190. The number of carbonyl (C=O) groups is 1. The predicted octanol–water partition coefficient (Wildman–Crippen LogP) is 4.71. The number of nitrogens with zero attached hydrogens (tertiary/aromatic N) is 2. The molecule has 2 N–H and O–H groups in total. The molecule has 1 amide bonds. The van der Waals surface area contributed by atoms with Crippen molar-refractivity contribution in [2.45, 2.75) is 27.7 Å². The van der Waals surface area contributed by atoms with Crippen molar-refractivity contribution >= 4 is 23.2 Å². The van der Waals surface area contributed by atoms with E-state index in [-0.39, 0.29) is 5.91 Å². The van der Waals surface area contributed by atoms with Crippen LogP contribution in [0.3, 0.4) is 0 Å². The number of anilines is 3. The molecule has 0 radical (unpaired) electrons. The molecular weight excluding hydrogens is 324 g/mol. The molecule has 1 heterocycles. The molecule has 0 aliphatic carbocycles. The van der Waals surface area contributed by atoms with E-state index in [1.807, 2.05) is 58.0 Å². The summed E-state index contributed by atoms with van der Waals surface area (Å²) in [5, 5.41) is 6.03. The molecule has 5 heteroatoms. The summed E-state index contributed by atoms with van der Waals surface area (Å²) in [6, 6.07) is 12.0. The van der Waals surface area contributed by atoms with Crippen molar-refractivity contribution < 1.29 is 4.79 Å². The average molecular weight is 346 g/mol. The van der Waals surface area contributed by atoms with Gasteiger partial charge in [0, 0.05) is 23.8 Å². The molecule has 0 spiro atoms. The fourth-order valence-electron chi connectivity index (χ4n) is 2.71. The van der Waals surface area contributed by atoms with Crippen LogP contribution in [0, 0.1) is 27.7 Å². The number of aryl methyl sites for hydroxylation is 4. The minimum Gasteiger partial charge on any atom is -0.324 e. The second-order valence-electron chi connectivity index (χ2n) is 6.55. The molecule has 132 valence electrons. The molecule has 0 bridgehead atoms. The van der Waals surface area contributed by atoms with E-state index in [0.717, 1.165) is 28.1 Å². The van der Waals surface area contributed by atoms with Crippen LogP contribution in [0.25, 0.3) is 0 Å². The maximum absolute atomic E-state index is 12.4. The Balaban J connectivity index is 1.70. The molecule has 1 aromatic heterocycles. The molecule has 3 rings (SSSR count). The van der Waals surface area contributed by atoms with Crippen LogP contribution in [0.2, 0.25) is 0 Å². The Morgan fingerprint density at radius 3 is 2.08 bits per heavy atom. The Morgan fingerprint density at radius 1 is 0.808 bits per heavy atom. The van der Waals surface area contributed by atoms with Crippen LogP contribution in [0.15, 0.2) is 48.8 Å². The summed E-state index contributed by atoms with van der Waals surface area (Å²) < 4.78 is 0. The van der Waals surface area contributed by atoms with E-state index in [1.54, 1.807) is 0 Å². The number of hydrogen-bond donors (Lipinski definition) is 2. The zero-order valence-electron chi connectivity index (χ0n) is 15.4. The Labute approximate surface area is 153 Å². The summed E-state index contributed by atoms with van der Waals surface area (Å²) in [6.07, 6.45) is 3.04. The molecule has 5 nitrogen and oxygen atoms in total. The minimum absolute atomic E-state index is 0.230. The van der Waals surface area contributed by atoms with Gasteiger partial charge in [0.2, 0.25) is 5.95 Å². The highest BCUT2D eigenvalue weighted by Crippen LogP contribution is 2.18. The number of benzene rings is 2. The number of nitrogens with one attached hydrogen (secondary N) is 2. The van der Waals surface area contributed by atoms with E-state index >= 15 is 0 Å². The van der Waals surface area contributed by atoms with Gasteiger partial charge in [0.15, 0.2) is 0 Å². The van der Waals surface area contributed by atoms with Crippen LogP contribution in [0.4, 0.5) is 17.3 Å². The highest BCUT2D eigenvalue weighted by atomic mass is 16.1. The van der Waals surface area contributed by atoms with Gasteiger partial charge in [-0.2, -0.15) is 0 Å². The first-order valence-electron chi connectivity index (χ1n) is 8.47. The van der Waals surface area contributed by atoms with Crippen LogP contribution >= 0.6 is 0 Å². The van der Waals surface area contributed by atoms with Gasteiger partial charge in [0.25, 0.3) is 5.91 Å². The van der Waals surface area contributed by atoms with Crippen LogP contribution in [-0.4, -0.2) is 15.9 Å². The summed E-state index contributed by atoms with van der Waals surface area (Å²) in [5.74, 6) is 0.226. The fourth-order valence-corrected chi connectivity index (χ4v) is 2.71. The zero-order valence-corrected chi connectivity index (χ0v) is 15.4. The number of amides is 1. The number of rotatable bonds is 4. The van der Waals surface area contributed by atoms with Gasteiger partial charge >= 0.3 is 0 Å². The van der Waals surface area contributed by atoms with Crippen molar-refractivity contribution in [2.24, 2.45) is 0 Å². The lowest BCUT2D eigenvalue weighted by atomic mass is 10.1. The summed E-state index contributed by atoms with van der Waals surface area (Å²) >= 11 is 0. The van der Waals surface area contributed by atoms with Crippen LogP contribution in [0.5, 0.6) is 0 Å². The SMILES string of the molecule is Cc1cc(C)cc(Nc2ncc(C(=O)Nc3ccc(C)c(C)c3)cn2)c1. The van der Waals surface area contributed by atoms with Gasteiger partial charge in [-0.25, -0.2) is 9.97 Å². The lowest BCUT2D eigenvalue weighted by Gasteiger charge is -2.09. The lowest BCUT2D eigenvalue weighted by Crippen LogP contribution is -2.13. The number of aromatic nitrogens is 2. The normalized spacial score (nSPS) is 10.5. The minimum atomic E-state index is -0.230. The van der Waals surface area contributed by atoms with Gasteiger partial charge in [-0.05, 0) is 74.2 Å². The Bertz CT molecular complexity index is 928. The van der Waals surface area contributed by atoms with Gasteiger partial charge in [-0.15, -0.1) is 0 Å². The Hall–Kier alpha value is -3.21. The van der Waals surface area contributed by atoms with Crippen LogP contribution in [-0.2, 0) is 0 Å². The van der Waals surface area contributed by atoms with Crippen molar-refractivity contribution in [1.82, 2.24) is 9.97 Å². The van der Waals surface area contributed by atoms with Crippen molar-refractivity contribution in [2.75, 3.05) is 10.6 Å². The van der Waals surface area contributed by atoms with Gasteiger partial charge in [0.1, 0.15) is 0 Å². The maximum atomic E-state index is 12.4. The first kappa shape index (κ1) is 17.6.